The summed E-state index contributed by atoms with van der Waals surface area (Å²) in [7, 11) is -3.42. The molecule has 0 radical (unpaired) electrons. The average molecular weight is 198 g/mol. The molecule has 1 aromatic heterocycles. The van der Waals surface area contributed by atoms with Crippen molar-refractivity contribution in [2.24, 2.45) is 0 Å². The second kappa shape index (κ2) is 2.87. The molecule has 0 atom stereocenters. The van der Waals surface area contributed by atoms with E-state index in [0.29, 0.717) is 0 Å². The van der Waals surface area contributed by atoms with Crippen LogP contribution in [0.1, 0.15) is 0 Å². The Balaban J connectivity index is 3.09. The first kappa shape index (κ1) is 8.00. The fourth-order valence-corrected chi connectivity index (χ4v) is 2.42. The highest BCUT2D eigenvalue weighted by Gasteiger charge is 2.11. The Bertz CT molecular complexity index is 291. The van der Waals surface area contributed by atoms with E-state index in [2.05, 4.69) is 0 Å². The van der Waals surface area contributed by atoms with Crippen LogP contribution in [0.4, 0.5) is 0 Å². The van der Waals surface area contributed by atoms with E-state index in [0.717, 1.165) is 11.3 Å². The maximum atomic E-state index is 10.8. The van der Waals surface area contributed by atoms with Crippen LogP contribution in [0, 0.1) is 0 Å². The Morgan fingerprint density at radius 3 is 2.70 bits per heavy atom. The van der Waals surface area contributed by atoms with E-state index in [1.165, 1.54) is 6.07 Å². The fraction of sp³-hybridized carbons (Fsp3) is 0. The van der Waals surface area contributed by atoms with Crippen molar-refractivity contribution in [3.05, 3.63) is 17.5 Å². The van der Waals surface area contributed by atoms with Gasteiger partial charge in [-0.1, -0.05) is 6.07 Å². The van der Waals surface area contributed by atoms with Crippen LogP contribution in [-0.2, 0) is 10.0 Å². The lowest BCUT2D eigenvalue weighted by atomic mass is 10.7. The van der Waals surface area contributed by atoms with Crippen molar-refractivity contribution in [1.29, 1.82) is 0 Å². The van der Waals surface area contributed by atoms with E-state index >= 15 is 0 Å². The number of thiophene rings is 1. The van der Waals surface area contributed by atoms with Gasteiger partial charge >= 0.3 is 0 Å². The quantitative estimate of drug-likeness (QED) is 0.724. The molecule has 0 saturated carbocycles. The summed E-state index contributed by atoms with van der Waals surface area (Å²) in [5.41, 5.74) is 0. The summed E-state index contributed by atoms with van der Waals surface area (Å²) < 4.78 is 23.6. The molecule has 0 amide bonds. The number of halogens is 1. The van der Waals surface area contributed by atoms with Gasteiger partial charge in [-0.25, -0.2) is 8.42 Å². The molecule has 6 heteroatoms. The molecule has 0 aliphatic carbocycles. The van der Waals surface area contributed by atoms with Gasteiger partial charge in [0.05, 0.1) is 0 Å². The molecule has 1 aromatic rings. The summed E-state index contributed by atoms with van der Waals surface area (Å²) >= 11 is 6.07. The van der Waals surface area contributed by atoms with Crippen LogP contribution >= 0.6 is 23.1 Å². The standard InChI is InChI=1S/C4H4ClNO2S2/c5-6-10(7,8)4-2-1-3-9-4/h1-3,6H. The lowest BCUT2D eigenvalue weighted by Gasteiger charge is -1.92. The molecule has 0 aliphatic heterocycles. The highest BCUT2D eigenvalue weighted by molar-refractivity contribution is 7.92. The van der Waals surface area contributed by atoms with E-state index < -0.39 is 10.0 Å². The minimum atomic E-state index is -3.42. The molecular weight excluding hydrogens is 194 g/mol. The predicted molar refractivity (Wildman–Crippen MR) is 40.5 cm³/mol. The van der Waals surface area contributed by atoms with Crippen molar-refractivity contribution in [1.82, 2.24) is 4.24 Å². The summed E-state index contributed by atoms with van der Waals surface area (Å²) in [6.07, 6.45) is 0. The van der Waals surface area contributed by atoms with Crippen LogP contribution < -0.4 is 4.24 Å². The van der Waals surface area contributed by atoms with Crippen molar-refractivity contribution in [3.8, 4) is 0 Å². The molecule has 1 rings (SSSR count). The first-order valence-corrected chi connectivity index (χ1v) is 5.07. The minimum absolute atomic E-state index is 0.225. The summed E-state index contributed by atoms with van der Waals surface area (Å²) in [5, 5.41) is 1.67. The average Bonchev–Trinajstić information content (AvgIpc) is 2.38. The number of nitrogens with one attached hydrogen (secondary N) is 1. The second-order valence-electron chi connectivity index (χ2n) is 1.51. The number of hydrogen-bond acceptors (Lipinski definition) is 3. The van der Waals surface area contributed by atoms with Gasteiger partial charge in [-0.3, -0.25) is 0 Å². The molecule has 1 heterocycles. The van der Waals surface area contributed by atoms with Crippen molar-refractivity contribution < 1.29 is 8.42 Å². The molecule has 56 valence electrons. The second-order valence-corrected chi connectivity index (χ2v) is 4.78. The fourth-order valence-electron chi connectivity index (χ4n) is 0.454. The van der Waals surface area contributed by atoms with Gasteiger partial charge in [-0.05, 0) is 23.2 Å². The summed E-state index contributed by atoms with van der Waals surface area (Å²) in [6.45, 7) is 0. The molecule has 0 saturated heterocycles. The van der Waals surface area contributed by atoms with Gasteiger partial charge in [0.2, 0.25) is 0 Å². The van der Waals surface area contributed by atoms with Crippen molar-refractivity contribution in [2.75, 3.05) is 0 Å². The normalized spacial score (nSPS) is 11.7. The number of rotatable bonds is 2. The Hall–Kier alpha value is -0.100. The van der Waals surface area contributed by atoms with E-state index in [1.807, 2.05) is 0 Å². The van der Waals surface area contributed by atoms with Gasteiger partial charge in [0.25, 0.3) is 10.0 Å². The SMILES string of the molecule is O=S(=O)(NCl)c1cccs1. The van der Waals surface area contributed by atoms with E-state index in [-0.39, 0.29) is 4.21 Å². The molecule has 0 aliphatic rings. The summed E-state index contributed by atoms with van der Waals surface area (Å²) in [4.78, 5) is 0. The molecule has 0 unspecified atom stereocenters. The zero-order chi connectivity index (χ0) is 7.61. The predicted octanol–water partition coefficient (Wildman–Crippen LogP) is 1.18. The van der Waals surface area contributed by atoms with Crippen LogP contribution in [0.15, 0.2) is 21.7 Å². The first-order valence-electron chi connectivity index (χ1n) is 2.33. The van der Waals surface area contributed by atoms with Crippen molar-refractivity contribution in [2.45, 2.75) is 4.21 Å². The highest BCUT2D eigenvalue weighted by Crippen LogP contribution is 2.15. The lowest BCUT2D eigenvalue weighted by molar-refractivity contribution is 0.596. The molecule has 0 spiro atoms. The molecule has 1 N–H and O–H groups in total. The van der Waals surface area contributed by atoms with Crippen LogP contribution in [0.3, 0.4) is 0 Å². The lowest BCUT2D eigenvalue weighted by Crippen LogP contribution is -2.11. The molecular formula is C4H4ClNO2S2. The molecule has 10 heavy (non-hydrogen) atoms. The third kappa shape index (κ3) is 1.49. The topological polar surface area (TPSA) is 46.2 Å². The first-order chi connectivity index (χ1) is 4.67. The van der Waals surface area contributed by atoms with E-state index in [4.69, 9.17) is 11.8 Å². The molecule has 0 aromatic carbocycles. The zero-order valence-electron chi connectivity index (χ0n) is 4.74. The monoisotopic (exact) mass is 197 g/mol. The largest absolute Gasteiger partial charge is 0.263 e. The van der Waals surface area contributed by atoms with Gasteiger partial charge in [0.1, 0.15) is 4.21 Å². The zero-order valence-corrected chi connectivity index (χ0v) is 7.13. The van der Waals surface area contributed by atoms with Crippen LogP contribution in [0.2, 0.25) is 0 Å². The third-order valence-corrected chi connectivity index (χ3v) is 3.95. The van der Waals surface area contributed by atoms with Crippen LogP contribution in [-0.4, -0.2) is 8.42 Å². The van der Waals surface area contributed by atoms with Crippen LogP contribution in [0.5, 0.6) is 0 Å². The third-order valence-electron chi connectivity index (χ3n) is 0.861. The van der Waals surface area contributed by atoms with Gasteiger partial charge in [0, 0.05) is 0 Å². The summed E-state index contributed by atoms with van der Waals surface area (Å²) in [5.74, 6) is 0. The van der Waals surface area contributed by atoms with E-state index in [1.54, 1.807) is 15.7 Å². The maximum Gasteiger partial charge on any atom is 0.263 e. The smallest absolute Gasteiger partial charge is 0.205 e. The van der Waals surface area contributed by atoms with Crippen LogP contribution in [0.25, 0.3) is 0 Å². The Labute approximate surface area is 67.8 Å². The van der Waals surface area contributed by atoms with Crippen molar-refractivity contribution >= 4 is 33.1 Å². The molecule has 3 nitrogen and oxygen atoms in total. The Morgan fingerprint density at radius 1 is 1.60 bits per heavy atom. The molecule has 0 fully saturated rings. The molecule has 0 bridgehead atoms. The minimum Gasteiger partial charge on any atom is -0.205 e. The van der Waals surface area contributed by atoms with Gasteiger partial charge < -0.3 is 0 Å². The summed E-state index contributed by atoms with van der Waals surface area (Å²) in [6, 6.07) is 3.13. The Morgan fingerprint density at radius 2 is 2.30 bits per heavy atom. The van der Waals surface area contributed by atoms with E-state index in [9.17, 15) is 8.42 Å². The number of sulfonamides is 1. The highest BCUT2D eigenvalue weighted by atomic mass is 35.5. The van der Waals surface area contributed by atoms with Gasteiger partial charge in [-0.15, -0.1) is 15.6 Å². The Kier molecular flexibility index (Phi) is 2.30. The maximum absolute atomic E-state index is 10.8. The van der Waals surface area contributed by atoms with Gasteiger partial charge in [-0.2, -0.15) is 0 Å². The van der Waals surface area contributed by atoms with Crippen molar-refractivity contribution in [3.63, 3.8) is 0 Å². The number of hydrogen-bond donors (Lipinski definition) is 1. The van der Waals surface area contributed by atoms with Gasteiger partial charge in [0.15, 0.2) is 0 Å².